The molecule has 140 valence electrons. The van der Waals surface area contributed by atoms with E-state index in [1.807, 2.05) is 0 Å². The minimum Gasteiger partial charge on any atom is -0.374 e. The Morgan fingerprint density at radius 2 is 1.62 bits per heavy atom. The monoisotopic (exact) mass is 352 g/mol. The zero-order valence-electron chi connectivity index (χ0n) is 16.4. The summed E-state index contributed by atoms with van der Waals surface area (Å²) in [7, 11) is 0. The fourth-order valence-corrected chi connectivity index (χ4v) is 3.76. The van der Waals surface area contributed by atoms with Crippen LogP contribution in [0.3, 0.4) is 0 Å². The second-order valence-corrected chi connectivity index (χ2v) is 7.26. The molecule has 1 fully saturated rings. The van der Waals surface area contributed by atoms with Gasteiger partial charge in [0.15, 0.2) is 0 Å². The lowest BCUT2D eigenvalue weighted by Crippen LogP contribution is -2.47. The Kier molecular flexibility index (Phi) is 6.70. The average Bonchev–Trinajstić information content (AvgIpc) is 2.67. The minimum atomic E-state index is 0.204. The lowest BCUT2D eigenvalue weighted by atomic mass is 10.0. The van der Waals surface area contributed by atoms with Crippen molar-refractivity contribution in [2.24, 2.45) is 0 Å². The first-order valence-electron chi connectivity index (χ1n) is 9.88. The largest absolute Gasteiger partial charge is 0.374 e. The Morgan fingerprint density at radius 1 is 0.923 bits per heavy atom. The molecule has 1 aliphatic heterocycles. The molecule has 0 amide bonds. The first-order valence-corrected chi connectivity index (χ1v) is 9.88. The number of hydrogen-bond acceptors (Lipinski definition) is 3. The van der Waals surface area contributed by atoms with Crippen LogP contribution < -0.4 is 4.90 Å². The molecule has 0 saturated carbocycles. The van der Waals surface area contributed by atoms with E-state index >= 15 is 0 Å². The zero-order chi connectivity index (χ0) is 18.4. The molecule has 2 aromatic rings. The molecule has 0 spiro atoms. The molecule has 3 nitrogen and oxygen atoms in total. The van der Waals surface area contributed by atoms with Gasteiger partial charge in [0.1, 0.15) is 0 Å². The molecule has 3 rings (SSSR count). The fourth-order valence-electron chi connectivity index (χ4n) is 3.76. The molecule has 0 radical (unpaired) electrons. The van der Waals surface area contributed by atoms with Crippen LogP contribution in [-0.4, -0.2) is 44.2 Å². The van der Waals surface area contributed by atoms with Gasteiger partial charge in [-0.3, -0.25) is 4.90 Å². The molecule has 2 aromatic carbocycles. The van der Waals surface area contributed by atoms with Gasteiger partial charge in [-0.25, -0.2) is 0 Å². The van der Waals surface area contributed by atoms with E-state index in [0.717, 1.165) is 45.8 Å². The van der Waals surface area contributed by atoms with E-state index < -0.39 is 0 Å². The topological polar surface area (TPSA) is 15.7 Å². The molecular weight excluding hydrogens is 320 g/mol. The predicted molar refractivity (Wildman–Crippen MR) is 110 cm³/mol. The lowest BCUT2D eigenvalue weighted by Gasteiger charge is -2.37. The van der Waals surface area contributed by atoms with Crippen LogP contribution in [0, 0.1) is 13.8 Å². The van der Waals surface area contributed by atoms with Gasteiger partial charge in [0.2, 0.25) is 0 Å². The third-order valence-electron chi connectivity index (χ3n) is 5.35. The molecule has 1 saturated heterocycles. The fraction of sp³-hybridized carbons (Fsp3) is 0.478. The summed E-state index contributed by atoms with van der Waals surface area (Å²) in [4.78, 5) is 5.10. The first-order chi connectivity index (χ1) is 12.7. The number of rotatable bonds is 7. The summed E-state index contributed by atoms with van der Waals surface area (Å²) < 4.78 is 6.03. The summed E-state index contributed by atoms with van der Waals surface area (Å²) >= 11 is 0. The van der Waals surface area contributed by atoms with E-state index in [1.54, 1.807) is 0 Å². The van der Waals surface area contributed by atoms with Crippen molar-refractivity contribution in [3.63, 3.8) is 0 Å². The molecule has 0 aromatic heterocycles. The number of aryl methyl sites for hydroxylation is 2. The Labute approximate surface area is 158 Å². The standard InChI is InChI=1S/C23H32N2O/c1-4-26-23(21-11-9-19(2)10-12-21)13-14-24-15-17-25(18-16-24)22-8-6-5-7-20(22)3/h5-12,23H,4,13-18H2,1-3H3. The maximum absolute atomic E-state index is 6.03. The maximum Gasteiger partial charge on any atom is 0.0837 e. The van der Waals surface area contributed by atoms with Crippen LogP contribution in [0.25, 0.3) is 0 Å². The third-order valence-corrected chi connectivity index (χ3v) is 5.35. The highest BCUT2D eigenvalue weighted by Gasteiger charge is 2.20. The van der Waals surface area contributed by atoms with Crippen molar-refractivity contribution in [3.8, 4) is 0 Å². The highest BCUT2D eigenvalue weighted by atomic mass is 16.5. The van der Waals surface area contributed by atoms with Crippen LogP contribution in [0.4, 0.5) is 5.69 Å². The Balaban J connectivity index is 1.52. The number of benzene rings is 2. The van der Waals surface area contributed by atoms with Crippen molar-refractivity contribution in [3.05, 3.63) is 65.2 Å². The Morgan fingerprint density at radius 3 is 2.27 bits per heavy atom. The van der Waals surface area contributed by atoms with Gasteiger partial charge >= 0.3 is 0 Å². The van der Waals surface area contributed by atoms with Crippen molar-refractivity contribution < 1.29 is 4.74 Å². The number of ether oxygens (including phenoxy) is 1. The Hall–Kier alpha value is -1.84. The molecule has 0 bridgehead atoms. The second-order valence-electron chi connectivity index (χ2n) is 7.26. The number of nitrogens with zero attached hydrogens (tertiary/aromatic N) is 2. The van der Waals surface area contributed by atoms with Crippen LogP contribution in [0.1, 0.15) is 36.1 Å². The predicted octanol–water partition coefficient (Wildman–Crippen LogP) is 4.59. The van der Waals surface area contributed by atoms with Crippen molar-refractivity contribution >= 4 is 5.69 Å². The van der Waals surface area contributed by atoms with Gasteiger partial charge in [-0.05, 0) is 44.4 Å². The molecule has 1 unspecified atom stereocenters. The van der Waals surface area contributed by atoms with Crippen LogP contribution in [0.15, 0.2) is 48.5 Å². The lowest BCUT2D eigenvalue weighted by molar-refractivity contribution is 0.0471. The van der Waals surface area contributed by atoms with Crippen LogP contribution in [0.5, 0.6) is 0 Å². The number of piperazine rings is 1. The summed E-state index contributed by atoms with van der Waals surface area (Å²) in [5, 5.41) is 0. The van der Waals surface area contributed by atoms with Gasteiger partial charge in [-0.1, -0.05) is 48.0 Å². The average molecular weight is 353 g/mol. The summed E-state index contributed by atoms with van der Waals surface area (Å²) in [6.45, 7) is 12.7. The maximum atomic E-state index is 6.03. The summed E-state index contributed by atoms with van der Waals surface area (Å²) in [5.74, 6) is 0. The number of para-hydroxylation sites is 1. The highest BCUT2D eigenvalue weighted by molar-refractivity contribution is 5.53. The number of anilines is 1. The minimum absolute atomic E-state index is 0.204. The summed E-state index contributed by atoms with van der Waals surface area (Å²) in [6, 6.07) is 17.5. The van der Waals surface area contributed by atoms with E-state index in [0.29, 0.717) is 0 Å². The Bertz CT molecular complexity index is 675. The van der Waals surface area contributed by atoms with E-state index in [1.165, 1.54) is 22.4 Å². The van der Waals surface area contributed by atoms with Crippen LogP contribution in [0.2, 0.25) is 0 Å². The van der Waals surface area contributed by atoms with Gasteiger partial charge in [-0.2, -0.15) is 0 Å². The summed E-state index contributed by atoms with van der Waals surface area (Å²) in [5.41, 5.74) is 5.36. The van der Waals surface area contributed by atoms with Gasteiger partial charge in [-0.15, -0.1) is 0 Å². The van der Waals surface area contributed by atoms with E-state index in [-0.39, 0.29) is 6.10 Å². The van der Waals surface area contributed by atoms with Gasteiger partial charge < -0.3 is 9.64 Å². The molecule has 1 aliphatic rings. The summed E-state index contributed by atoms with van der Waals surface area (Å²) in [6.07, 6.45) is 1.26. The smallest absolute Gasteiger partial charge is 0.0837 e. The highest BCUT2D eigenvalue weighted by Crippen LogP contribution is 2.24. The van der Waals surface area contributed by atoms with Gasteiger partial charge in [0.05, 0.1) is 6.10 Å². The molecule has 1 atom stereocenters. The molecule has 0 aliphatic carbocycles. The first kappa shape index (κ1) is 18.9. The third kappa shape index (κ3) is 4.87. The molecule has 0 N–H and O–H groups in total. The van der Waals surface area contributed by atoms with Crippen LogP contribution >= 0.6 is 0 Å². The van der Waals surface area contributed by atoms with Crippen LogP contribution in [-0.2, 0) is 4.74 Å². The molecule has 26 heavy (non-hydrogen) atoms. The van der Waals surface area contributed by atoms with Crippen molar-refractivity contribution in [2.45, 2.75) is 33.3 Å². The van der Waals surface area contributed by atoms with Gasteiger partial charge in [0.25, 0.3) is 0 Å². The van der Waals surface area contributed by atoms with E-state index in [9.17, 15) is 0 Å². The van der Waals surface area contributed by atoms with E-state index in [4.69, 9.17) is 4.74 Å². The molecule has 1 heterocycles. The normalized spacial score (nSPS) is 16.7. The van der Waals surface area contributed by atoms with Crippen molar-refractivity contribution in [2.75, 3.05) is 44.2 Å². The zero-order valence-corrected chi connectivity index (χ0v) is 16.4. The molecular formula is C23H32N2O. The quantitative estimate of drug-likeness (QED) is 0.725. The van der Waals surface area contributed by atoms with Crippen molar-refractivity contribution in [1.29, 1.82) is 0 Å². The number of hydrogen-bond donors (Lipinski definition) is 0. The SMILES string of the molecule is CCOC(CCN1CCN(c2ccccc2C)CC1)c1ccc(C)cc1. The van der Waals surface area contributed by atoms with Crippen molar-refractivity contribution in [1.82, 2.24) is 4.90 Å². The molecule has 3 heteroatoms. The second kappa shape index (κ2) is 9.20. The van der Waals surface area contributed by atoms with Gasteiger partial charge in [0, 0.05) is 45.0 Å². The van der Waals surface area contributed by atoms with E-state index in [2.05, 4.69) is 79.1 Å².